The molecule has 0 aliphatic heterocycles. The third-order valence-corrected chi connectivity index (χ3v) is 1.02. The molecule has 1 heteroatoms. The molecule has 0 saturated carbocycles. The van der Waals surface area contributed by atoms with E-state index in [0.717, 1.165) is 0 Å². The smallest absolute Gasteiger partial charge is 0.00556 e. The van der Waals surface area contributed by atoms with Gasteiger partial charge in [0.25, 0.3) is 0 Å². The van der Waals surface area contributed by atoms with Crippen molar-refractivity contribution in [2.45, 2.75) is 6.92 Å². The molecule has 0 heterocycles. The maximum atomic E-state index is 3.60. The third-order valence-electron chi connectivity index (χ3n) is 1.02. The van der Waals surface area contributed by atoms with Gasteiger partial charge in [0.1, 0.15) is 0 Å². The fraction of sp³-hybridized carbons (Fsp3) is 0.333. The fourth-order valence-electron chi connectivity index (χ4n) is 0.508. The van der Waals surface area contributed by atoms with Crippen LogP contribution in [0.4, 0.5) is 0 Å². The van der Waals surface area contributed by atoms with Gasteiger partial charge in [0.15, 0.2) is 0 Å². The molecule has 0 amide bonds. The lowest BCUT2D eigenvalue weighted by Crippen LogP contribution is -1.99. The normalized spacial score (nSPS) is 12.1. The topological polar surface area (TPSA) is 3.24 Å². The SMILES string of the molecule is C=C/C=C(C)\C=C\N(C)C. The highest BCUT2D eigenvalue weighted by molar-refractivity contribution is 5.19. The van der Waals surface area contributed by atoms with Crippen LogP contribution in [0, 0.1) is 0 Å². The Kier molecular flexibility index (Phi) is 4.38. The van der Waals surface area contributed by atoms with Gasteiger partial charge in [-0.25, -0.2) is 0 Å². The Balaban J connectivity index is 3.88. The van der Waals surface area contributed by atoms with E-state index in [1.807, 2.05) is 44.3 Å². The van der Waals surface area contributed by atoms with E-state index in [9.17, 15) is 0 Å². The summed E-state index contributed by atoms with van der Waals surface area (Å²) in [6.07, 6.45) is 7.81. The molecule has 0 aliphatic carbocycles. The minimum atomic E-state index is 1.21. The molecule has 0 saturated heterocycles. The summed E-state index contributed by atoms with van der Waals surface area (Å²) in [5.41, 5.74) is 1.21. The monoisotopic (exact) mass is 137 g/mol. The Labute approximate surface area is 63.3 Å². The molecule has 0 bridgehead atoms. The fourth-order valence-corrected chi connectivity index (χ4v) is 0.508. The molecule has 0 radical (unpaired) electrons. The van der Waals surface area contributed by atoms with Crippen molar-refractivity contribution >= 4 is 0 Å². The highest BCUT2D eigenvalue weighted by Crippen LogP contribution is 1.94. The number of rotatable bonds is 3. The second kappa shape index (κ2) is 4.86. The van der Waals surface area contributed by atoms with Gasteiger partial charge in [0, 0.05) is 14.1 Å². The van der Waals surface area contributed by atoms with Gasteiger partial charge in [-0.1, -0.05) is 18.7 Å². The molecule has 56 valence electrons. The van der Waals surface area contributed by atoms with Crippen LogP contribution in [0.2, 0.25) is 0 Å². The number of hydrogen-bond donors (Lipinski definition) is 0. The maximum absolute atomic E-state index is 3.60. The number of allylic oxidation sites excluding steroid dienone is 4. The Hall–Kier alpha value is -0.980. The lowest BCUT2D eigenvalue weighted by Gasteiger charge is -2.02. The molecule has 0 rings (SSSR count). The van der Waals surface area contributed by atoms with Crippen molar-refractivity contribution in [2.24, 2.45) is 0 Å². The first-order valence-electron chi connectivity index (χ1n) is 3.30. The van der Waals surface area contributed by atoms with Crippen LogP contribution < -0.4 is 0 Å². The Bertz CT molecular complexity index is 152. The molecule has 0 spiro atoms. The summed E-state index contributed by atoms with van der Waals surface area (Å²) in [6.45, 7) is 5.65. The standard InChI is InChI=1S/C9H15N/c1-5-6-9(2)7-8-10(3)4/h5-8H,1H2,2-4H3/b8-7+,9-6-. The lowest BCUT2D eigenvalue weighted by molar-refractivity contribution is 0.563. The van der Waals surface area contributed by atoms with Gasteiger partial charge in [0.05, 0.1) is 0 Å². The summed E-state index contributed by atoms with van der Waals surface area (Å²) in [7, 11) is 4.00. The predicted octanol–water partition coefficient (Wildman–Crippen LogP) is 2.19. The third kappa shape index (κ3) is 5.16. The van der Waals surface area contributed by atoms with Crippen LogP contribution in [0.1, 0.15) is 6.92 Å². The summed E-state index contributed by atoms with van der Waals surface area (Å²) in [4.78, 5) is 2.00. The Morgan fingerprint density at radius 1 is 1.40 bits per heavy atom. The van der Waals surface area contributed by atoms with Gasteiger partial charge in [0.2, 0.25) is 0 Å². The van der Waals surface area contributed by atoms with Crippen LogP contribution in [-0.4, -0.2) is 19.0 Å². The first-order valence-corrected chi connectivity index (χ1v) is 3.30. The van der Waals surface area contributed by atoms with Gasteiger partial charge < -0.3 is 4.90 Å². The summed E-state index contributed by atoms with van der Waals surface area (Å²) in [5, 5.41) is 0. The van der Waals surface area contributed by atoms with Crippen LogP contribution in [0.3, 0.4) is 0 Å². The minimum Gasteiger partial charge on any atom is -0.383 e. The van der Waals surface area contributed by atoms with Crippen molar-refractivity contribution < 1.29 is 0 Å². The summed E-state index contributed by atoms with van der Waals surface area (Å²) in [6, 6.07) is 0. The number of hydrogen-bond acceptors (Lipinski definition) is 1. The summed E-state index contributed by atoms with van der Waals surface area (Å²) in [5.74, 6) is 0. The van der Waals surface area contributed by atoms with E-state index in [0.29, 0.717) is 0 Å². The average molecular weight is 137 g/mol. The van der Waals surface area contributed by atoms with E-state index in [2.05, 4.69) is 6.58 Å². The Morgan fingerprint density at radius 3 is 2.40 bits per heavy atom. The number of nitrogens with zero attached hydrogens (tertiary/aromatic N) is 1. The van der Waals surface area contributed by atoms with Gasteiger partial charge in [-0.05, 0) is 24.8 Å². The lowest BCUT2D eigenvalue weighted by atomic mass is 10.3. The van der Waals surface area contributed by atoms with Crippen LogP contribution in [0.25, 0.3) is 0 Å². The van der Waals surface area contributed by atoms with Crippen molar-refractivity contribution in [3.63, 3.8) is 0 Å². The summed E-state index contributed by atoms with van der Waals surface area (Å²) >= 11 is 0. The van der Waals surface area contributed by atoms with E-state index in [-0.39, 0.29) is 0 Å². The maximum Gasteiger partial charge on any atom is 0.00556 e. The van der Waals surface area contributed by atoms with Gasteiger partial charge in [-0.3, -0.25) is 0 Å². The highest BCUT2D eigenvalue weighted by Gasteiger charge is 1.78. The molecule has 0 atom stereocenters. The van der Waals surface area contributed by atoms with Crippen molar-refractivity contribution in [1.29, 1.82) is 0 Å². The zero-order chi connectivity index (χ0) is 7.98. The largest absolute Gasteiger partial charge is 0.383 e. The van der Waals surface area contributed by atoms with Gasteiger partial charge in [-0.15, -0.1) is 0 Å². The van der Waals surface area contributed by atoms with E-state index in [1.54, 1.807) is 6.08 Å². The van der Waals surface area contributed by atoms with Crippen molar-refractivity contribution in [3.05, 3.63) is 36.6 Å². The first-order chi connectivity index (χ1) is 4.66. The minimum absolute atomic E-state index is 1.21. The van der Waals surface area contributed by atoms with E-state index in [4.69, 9.17) is 0 Å². The van der Waals surface area contributed by atoms with Crippen LogP contribution >= 0.6 is 0 Å². The first kappa shape index (κ1) is 9.02. The molecule has 0 aromatic carbocycles. The van der Waals surface area contributed by atoms with Gasteiger partial charge >= 0.3 is 0 Å². The molecule has 0 aromatic rings. The molecule has 0 fully saturated rings. The molecular weight excluding hydrogens is 122 g/mol. The van der Waals surface area contributed by atoms with Gasteiger partial charge in [-0.2, -0.15) is 0 Å². The molecule has 10 heavy (non-hydrogen) atoms. The van der Waals surface area contributed by atoms with E-state index >= 15 is 0 Å². The zero-order valence-electron chi connectivity index (χ0n) is 6.96. The van der Waals surface area contributed by atoms with Crippen molar-refractivity contribution in [1.82, 2.24) is 4.90 Å². The average Bonchev–Trinajstić information content (AvgIpc) is 1.85. The predicted molar refractivity (Wildman–Crippen MR) is 46.8 cm³/mol. The molecule has 0 aromatic heterocycles. The van der Waals surface area contributed by atoms with Crippen molar-refractivity contribution in [3.8, 4) is 0 Å². The molecule has 0 aliphatic rings. The van der Waals surface area contributed by atoms with E-state index in [1.165, 1.54) is 5.57 Å². The molecule has 0 N–H and O–H groups in total. The molecule has 0 unspecified atom stereocenters. The van der Waals surface area contributed by atoms with E-state index < -0.39 is 0 Å². The molecular formula is C9H15N. The highest BCUT2D eigenvalue weighted by atomic mass is 15.0. The second-order valence-corrected chi connectivity index (χ2v) is 2.43. The second-order valence-electron chi connectivity index (χ2n) is 2.43. The van der Waals surface area contributed by atoms with Crippen LogP contribution in [0.5, 0.6) is 0 Å². The summed E-state index contributed by atoms with van der Waals surface area (Å²) < 4.78 is 0. The Morgan fingerprint density at radius 2 is 2.00 bits per heavy atom. The van der Waals surface area contributed by atoms with Crippen LogP contribution in [0.15, 0.2) is 36.6 Å². The quantitative estimate of drug-likeness (QED) is 0.539. The van der Waals surface area contributed by atoms with Crippen LogP contribution in [-0.2, 0) is 0 Å². The molecule has 1 nitrogen and oxygen atoms in total. The van der Waals surface area contributed by atoms with Crippen molar-refractivity contribution in [2.75, 3.05) is 14.1 Å². The zero-order valence-corrected chi connectivity index (χ0v) is 6.96.